The Labute approximate surface area is 127 Å². The van der Waals surface area contributed by atoms with Crippen LogP contribution in [0.1, 0.15) is 87.0 Å². The van der Waals surface area contributed by atoms with Gasteiger partial charge in [0.2, 0.25) is 0 Å². The minimum absolute atomic E-state index is 0.129. The van der Waals surface area contributed by atoms with E-state index in [1.54, 1.807) is 0 Å². The van der Waals surface area contributed by atoms with E-state index in [0.29, 0.717) is 6.10 Å². The zero-order valence-corrected chi connectivity index (χ0v) is 15.6. The lowest BCUT2D eigenvalue weighted by molar-refractivity contribution is -0.0940. The third-order valence-electron chi connectivity index (χ3n) is 4.27. The van der Waals surface area contributed by atoms with Gasteiger partial charge < -0.3 is 4.74 Å². The fourth-order valence-corrected chi connectivity index (χ4v) is 4.45. The van der Waals surface area contributed by atoms with Gasteiger partial charge in [-0.15, -0.1) is 0 Å². The maximum Gasteiger partial charge on any atom is 0.344 e. The summed E-state index contributed by atoms with van der Waals surface area (Å²) < 4.78 is 18.9. The summed E-state index contributed by atoms with van der Waals surface area (Å²) in [6.07, 6.45) is 6.60. The Kier molecular flexibility index (Phi) is 9.93. The van der Waals surface area contributed by atoms with Crippen LogP contribution in [0.15, 0.2) is 0 Å². The van der Waals surface area contributed by atoms with Crippen molar-refractivity contribution >= 4 is 7.80 Å². The lowest BCUT2D eigenvalue weighted by Crippen LogP contribution is -2.36. The van der Waals surface area contributed by atoms with Gasteiger partial charge in [-0.1, -0.05) is 38.7 Å². The number of hydrogen-bond acceptors (Lipinski definition) is 2. The van der Waals surface area contributed by atoms with Gasteiger partial charge in [0.15, 0.2) is 11.3 Å². The smallest absolute Gasteiger partial charge is 0.344 e. The van der Waals surface area contributed by atoms with Gasteiger partial charge in [0.25, 0.3) is 0 Å². The topological polar surface area (TPSA) is 26.3 Å². The van der Waals surface area contributed by atoms with E-state index in [4.69, 9.17) is 4.74 Å². The monoisotopic (exact) mass is 303 g/mol. The molecule has 0 amide bonds. The van der Waals surface area contributed by atoms with E-state index in [2.05, 4.69) is 48.5 Å². The summed E-state index contributed by atoms with van der Waals surface area (Å²) in [4.78, 5) is 0. The molecule has 0 bridgehead atoms. The van der Waals surface area contributed by atoms with E-state index >= 15 is 0 Å². The normalized spacial score (nSPS) is 18.7. The van der Waals surface area contributed by atoms with Crippen molar-refractivity contribution in [2.75, 3.05) is 0 Å². The van der Waals surface area contributed by atoms with Crippen molar-refractivity contribution in [2.24, 2.45) is 0 Å². The first kappa shape index (κ1) is 20.1. The molecule has 120 valence electrons. The zero-order valence-electron chi connectivity index (χ0n) is 14.7. The molecular weight excluding hydrogens is 267 g/mol. The molecule has 0 aromatic carbocycles. The summed E-state index contributed by atoms with van der Waals surface area (Å²) in [5.41, 5.74) is 0.430. The highest BCUT2D eigenvalue weighted by atomic mass is 31.1. The van der Waals surface area contributed by atoms with E-state index in [1.807, 2.05) is 0 Å². The highest BCUT2D eigenvalue weighted by Gasteiger charge is 2.39. The Bertz CT molecular complexity index is 278. The Morgan fingerprint density at radius 1 is 1.10 bits per heavy atom. The zero-order chi connectivity index (χ0) is 15.8. The lowest BCUT2D eigenvalue weighted by atomic mass is 9.94. The maximum absolute atomic E-state index is 12.4. The first-order valence-electron chi connectivity index (χ1n) is 8.46. The van der Waals surface area contributed by atoms with Crippen molar-refractivity contribution in [1.29, 1.82) is 0 Å². The molecule has 0 rings (SSSR count). The molecule has 0 saturated heterocycles. The fourth-order valence-electron chi connectivity index (χ4n) is 2.68. The summed E-state index contributed by atoms with van der Waals surface area (Å²) in [5, 5.41) is 0. The molecule has 0 aliphatic carbocycles. The molecule has 0 heterocycles. The molecule has 0 spiro atoms. The average Bonchev–Trinajstić information content (AvgIpc) is 2.43. The van der Waals surface area contributed by atoms with Gasteiger partial charge in [-0.05, 0) is 46.5 Å². The Balaban J connectivity index is 4.80. The van der Waals surface area contributed by atoms with Crippen LogP contribution in [0.3, 0.4) is 0 Å². The SMILES string of the molecule is CCCC(CC)OC(C)(CC)CC(CC)[P+](=O)C(C)C. The molecule has 0 saturated carbocycles. The molecule has 4 atom stereocenters. The third-order valence-corrected chi connectivity index (χ3v) is 6.56. The van der Waals surface area contributed by atoms with E-state index in [0.717, 1.165) is 38.5 Å². The van der Waals surface area contributed by atoms with Gasteiger partial charge in [0, 0.05) is 6.42 Å². The molecule has 0 aliphatic heterocycles. The fraction of sp³-hybridized carbons (Fsp3) is 1.00. The molecule has 20 heavy (non-hydrogen) atoms. The van der Waals surface area contributed by atoms with E-state index < -0.39 is 7.80 Å². The predicted molar refractivity (Wildman–Crippen MR) is 90.2 cm³/mol. The van der Waals surface area contributed by atoms with E-state index in [1.165, 1.54) is 0 Å². The molecule has 3 heteroatoms. The molecule has 0 aromatic rings. The highest BCUT2D eigenvalue weighted by Crippen LogP contribution is 2.42. The number of ether oxygens (including phenoxy) is 1. The average molecular weight is 303 g/mol. The Morgan fingerprint density at radius 2 is 1.70 bits per heavy atom. The number of hydrogen-bond donors (Lipinski definition) is 0. The molecular formula is C17H36O2P+. The molecule has 0 radical (unpaired) electrons. The van der Waals surface area contributed by atoms with Crippen LogP contribution in [-0.4, -0.2) is 23.0 Å². The maximum atomic E-state index is 12.4. The van der Waals surface area contributed by atoms with Crippen LogP contribution in [0, 0.1) is 0 Å². The van der Waals surface area contributed by atoms with Gasteiger partial charge in [-0.25, -0.2) is 0 Å². The minimum Gasteiger partial charge on any atom is -0.372 e. The predicted octanol–water partition coefficient (Wildman–Crippen LogP) is 6.15. The van der Waals surface area contributed by atoms with Crippen molar-refractivity contribution in [3.05, 3.63) is 0 Å². The molecule has 2 nitrogen and oxygen atoms in total. The lowest BCUT2D eigenvalue weighted by Gasteiger charge is -2.34. The molecule has 0 aromatic heterocycles. The van der Waals surface area contributed by atoms with Gasteiger partial charge >= 0.3 is 7.80 Å². The summed E-state index contributed by atoms with van der Waals surface area (Å²) >= 11 is 0. The van der Waals surface area contributed by atoms with Crippen LogP contribution in [0.4, 0.5) is 0 Å². The van der Waals surface area contributed by atoms with Crippen molar-refractivity contribution in [3.8, 4) is 0 Å². The van der Waals surface area contributed by atoms with Gasteiger partial charge in [-0.2, -0.15) is 0 Å². The quantitative estimate of drug-likeness (QED) is 0.427. The minimum atomic E-state index is -1.14. The highest BCUT2D eigenvalue weighted by molar-refractivity contribution is 7.46. The van der Waals surface area contributed by atoms with Crippen molar-refractivity contribution in [1.82, 2.24) is 0 Å². The standard InChI is InChI=1S/C17H36O2P/c1-8-12-15(9-2)19-17(7,11-4)13-16(10-3)20(18)14(5)6/h14-16H,8-13H2,1-7H3/q+1. The Hall–Kier alpha value is 0.0600. The summed E-state index contributed by atoms with van der Waals surface area (Å²) in [7, 11) is -1.14. The van der Waals surface area contributed by atoms with Crippen molar-refractivity contribution < 1.29 is 9.30 Å². The Morgan fingerprint density at radius 3 is 2.05 bits per heavy atom. The second-order valence-corrected chi connectivity index (χ2v) is 8.94. The summed E-state index contributed by atoms with van der Waals surface area (Å²) in [6.45, 7) is 15.1. The summed E-state index contributed by atoms with van der Waals surface area (Å²) in [5.74, 6) is 0. The van der Waals surface area contributed by atoms with Crippen LogP contribution in [0.25, 0.3) is 0 Å². The second-order valence-electron chi connectivity index (χ2n) is 6.46. The largest absolute Gasteiger partial charge is 0.372 e. The third kappa shape index (κ3) is 6.68. The van der Waals surface area contributed by atoms with E-state index in [9.17, 15) is 4.57 Å². The number of rotatable bonds is 11. The molecule has 0 N–H and O–H groups in total. The second kappa shape index (κ2) is 9.90. The van der Waals surface area contributed by atoms with Crippen LogP contribution in [-0.2, 0) is 9.30 Å². The first-order valence-corrected chi connectivity index (χ1v) is 9.86. The van der Waals surface area contributed by atoms with Crippen LogP contribution < -0.4 is 0 Å². The van der Waals surface area contributed by atoms with Gasteiger partial charge in [0.1, 0.15) is 0 Å². The first-order chi connectivity index (χ1) is 9.33. The van der Waals surface area contributed by atoms with Gasteiger partial charge in [0.05, 0.1) is 11.7 Å². The van der Waals surface area contributed by atoms with Crippen molar-refractivity contribution in [3.63, 3.8) is 0 Å². The summed E-state index contributed by atoms with van der Waals surface area (Å²) in [6, 6.07) is 0. The van der Waals surface area contributed by atoms with E-state index in [-0.39, 0.29) is 16.9 Å². The molecule has 0 aliphatic rings. The van der Waals surface area contributed by atoms with Crippen LogP contribution in [0.2, 0.25) is 0 Å². The van der Waals surface area contributed by atoms with Crippen molar-refractivity contribution in [2.45, 2.75) is 110 Å². The van der Waals surface area contributed by atoms with Gasteiger partial charge in [-0.3, -0.25) is 0 Å². The van der Waals surface area contributed by atoms with Crippen LogP contribution >= 0.6 is 7.80 Å². The van der Waals surface area contributed by atoms with Crippen LogP contribution in [0.5, 0.6) is 0 Å². The molecule has 0 fully saturated rings. The molecule has 4 unspecified atom stereocenters.